The van der Waals surface area contributed by atoms with Crippen molar-refractivity contribution < 1.29 is 23.9 Å². The molecule has 2 fully saturated rings. The van der Waals surface area contributed by atoms with Crippen molar-refractivity contribution in [2.75, 3.05) is 56.1 Å². The summed E-state index contributed by atoms with van der Waals surface area (Å²) in [6.45, 7) is 11.5. The van der Waals surface area contributed by atoms with Crippen LogP contribution < -0.4 is 10.2 Å². The Hall–Kier alpha value is -2.97. The second-order valence-electron chi connectivity index (χ2n) is 9.45. The summed E-state index contributed by atoms with van der Waals surface area (Å²) in [5.74, 6) is -0.144. The van der Waals surface area contributed by atoms with Crippen molar-refractivity contribution in [2.24, 2.45) is 5.92 Å². The average Bonchev–Trinajstić information content (AvgIpc) is 2.79. The number of anilines is 2. The minimum Gasteiger partial charge on any atom is -0.450 e. The zero-order chi connectivity index (χ0) is 24.0. The van der Waals surface area contributed by atoms with E-state index >= 15 is 0 Å². The minimum atomic E-state index is -0.522. The topological polar surface area (TPSA) is 91.4 Å². The third-order valence-electron chi connectivity index (χ3n) is 5.82. The Morgan fingerprint density at radius 3 is 2.03 bits per heavy atom. The molecule has 0 aromatic heterocycles. The SMILES string of the molecule is CCOC(=O)N1CCN(c2ccc(NC(=O)C3CCN(C(=O)OC(C)(C)C)CC3)cc2)CC1. The van der Waals surface area contributed by atoms with Gasteiger partial charge in [0.25, 0.3) is 0 Å². The van der Waals surface area contributed by atoms with Gasteiger partial charge in [-0.2, -0.15) is 0 Å². The summed E-state index contributed by atoms with van der Waals surface area (Å²) in [6.07, 6.45) is 0.661. The molecule has 1 N–H and O–H groups in total. The lowest BCUT2D eigenvalue weighted by Gasteiger charge is -2.35. The van der Waals surface area contributed by atoms with Crippen molar-refractivity contribution in [1.82, 2.24) is 9.80 Å². The summed E-state index contributed by atoms with van der Waals surface area (Å²) in [7, 11) is 0. The lowest BCUT2D eigenvalue weighted by molar-refractivity contribution is -0.121. The molecule has 1 aromatic carbocycles. The highest BCUT2D eigenvalue weighted by molar-refractivity contribution is 5.92. The lowest BCUT2D eigenvalue weighted by atomic mass is 9.96. The molecule has 0 atom stereocenters. The number of carbonyl (C=O) groups excluding carboxylic acids is 3. The molecule has 3 rings (SSSR count). The van der Waals surface area contributed by atoms with Crippen LogP contribution in [0.4, 0.5) is 21.0 Å². The van der Waals surface area contributed by atoms with Gasteiger partial charge in [0.15, 0.2) is 0 Å². The van der Waals surface area contributed by atoms with Gasteiger partial charge in [0.05, 0.1) is 6.61 Å². The first-order valence-corrected chi connectivity index (χ1v) is 11.7. The lowest BCUT2D eigenvalue weighted by Crippen LogP contribution is -2.49. The van der Waals surface area contributed by atoms with Crippen molar-refractivity contribution in [2.45, 2.75) is 46.1 Å². The van der Waals surface area contributed by atoms with Gasteiger partial charge in [0.1, 0.15) is 5.60 Å². The molecule has 2 aliphatic rings. The molecule has 0 aliphatic carbocycles. The maximum atomic E-state index is 12.7. The number of piperidine rings is 1. The number of carbonyl (C=O) groups is 3. The average molecular weight is 461 g/mol. The number of piperazine rings is 1. The Kier molecular flexibility index (Phi) is 8.05. The summed E-state index contributed by atoms with van der Waals surface area (Å²) >= 11 is 0. The largest absolute Gasteiger partial charge is 0.450 e. The van der Waals surface area contributed by atoms with Gasteiger partial charge < -0.3 is 29.5 Å². The third-order valence-corrected chi connectivity index (χ3v) is 5.82. The molecule has 1 aromatic rings. The van der Waals surface area contributed by atoms with Crippen LogP contribution in [0.3, 0.4) is 0 Å². The van der Waals surface area contributed by atoms with E-state index in [1.54, 1.807) is 9.80 Å². The molecule has 0 spiro atoms. The third kappa shape index (κ3) is 7.00. The number of rotatable bonds is 4. The highest BCUT2D eigenvalue weighted by atomic mass is 16.6. The van der Waals surface area contributed by atoms with E-state index in [1.165, 1.54) is 0 Å². The van der Waals surface area contributed by atoms with E-state index in [9.17, 15) is 14.4 Å². The second kappa shape index (κ2) is 10.8. The summed E-state index contributed by atoms with van der Waals surface area (Å²) < 4.78 is 10.5. The van der Waals surface area contributed by atoms with E-state index in [0.29, 0.717) is 45.6 Å². The summed E-state index contributed by atoms with van der Waals surface area (Å²) in [5.41, 5.74) is 1.29. The molecule has 2 aliphatic heterocycles. The molecule has 9 heteroatoms. The maximum Gasteiger partial charge on any atom is 0.410 e. The molecule has 0 bridgehead atoms. The van der Waals surface area contributed by atoms with Crippen LogP contribution in [0.1, 0.15) is 40.5 Å². The molecular weight excluding hydrogens is 424 g/mol. The van der Waals surface area contributed by atoms with Crippen molar-refractivity contribution >= 4 is 29.5 Å². The minimum absolute atomic E-state index is 0.0189. The van der Waals surface area contributed by atoms with Gasteiger partial charge in [-0.1, -0.05) is 0 Å². The fourth-order valence-electron chi connectivity index (χ4n) is 4.01. The Morgan fingerprint density at radius 1 is 0.909 bits per heavy atom. The Morgan fingerprint density at radius 2 is 1.48 bits per heavy atom. The number of nitrogens with one attached hydrogen (secondary N) is 1. The number of hydrogen-bond acceptors (Lipinski definition) is 6. The number of nitrogens with zero attached hydrogens (tertiary/aromatic N) is 3. The highest BCUT2D eigenvalue weighted by Gasteiger charge is 2.30. The standard InChI is InChI=1S/C24H36N4O5/c1-5-32-22(30)28-16-14-26(15-17-28)20-8-6-19(7-9-20)25-21(29)18-10-12-27(13-11-18)23(31)33-24(2,3)4/h6-9,18H,5,10-17H2,1-4H3,(H,25,29). The van der Waals surface area contributed by atoms with E-state index in [1.807, 2.05) is 52.0 Å². The fourth-order valence-corrected chi connectivity index (χ4v) is 4.01. The van der Waals surface area contributed by atoms with Crippen LogP contribution in [0.25, 0.3) is 0 Å². The molecular formula is C24H36N4O5. The van der Waals surface area contributed by atoms with Crippen LogP contribution in [0.5, 0.6) is 0 Å². The molecule has 0 radical (unpaired) electrons. The number of amides is 3. The molecule has 3 amide bonds. The number of benzene rings is 1. The van der Waals surface area contributed by atoms with Crippen molar-refractivity contribution in [3.8, 4) is 0 Å². The Balaban J connectivity index is 1.44. The van der Waals surface area contributed by atoms with Gasteiger partial charge in [-0.15, -0.1) is 0 Å². The van der Waals surface area contributed by atoms with Crippen LogP contribution in [-0.2, 0) is 14.3 Å². The van der Waals surface area contributed by atoms with Crippen LogP contribution in [0, 0.1) is 5.92 Å². The van der Waals surface area contributed by atoms with E-state index in [-0.39, 0.29) is 24.0 Å². The first kappa shape index (κ1) is 24.7. The highest BCUT2D eigenvalue weighted by Crippen LogP contribution is 2.23. The quantitative estimate of drug-likeness (QED) is 0.739. The second-order valence-corrected chi connectivity index (χ2v) is 9.45. The fraction of sp³-hybridized carbons (Fsp3) is 0.625. The van der Waals surface area contributed by atoms with Gasteiger partial charge >= 0.3 is 12.2 Å². The van der Waals surface area contributed by atoms with Crippen molar-refractivity contribution in [1.29, 1.82) is 0 Å². The predicted molar refractivity (Wildman–Crippen MR) is 126 cm³/mol. The summed E-state index contributed by atoms with van der Waals surface area (Å²) in [5, 5.41) is 3.00. The maximum absolute atomic E-state index is 12.7. The summed E-state index contributed by atoms with van der Waals surface area (Å²) in [6, 6.07) is 7.78. The molecule has 0 saturated carbocycles. The van der Waals surface area contributed by atoms with Crippen LogP contribution in [0.2, 0.25) is 0 Å². The van der Waals surface area contributed by atoms with Gasteiger partial charge in [0.2, 0.25) is 5.91 Å². The first-order valence-electron chi connectivity index (χ1n) is 11.7. The Bertz CT molecular complexity index is 820. The Labute approximate surface area is 196 Å². The smallest absolute Gasteiger partial charge is 0.410 e. The monoisotopic (exact) mass is 460 g/mol. The summed E-state index contributed by atoms with van der Waals surface area (Å²) in [4.78, 5) is 42.4. The zero-order valence-electron chi connectivity index (χ0n) is 20.1. The number of hydrogen-bond donors (Lipinski definition) is 1. The molecule has 33 heavy (non-hydrogen) atoms. The van der Waals surface area contributed by atoms with Gasteiger partial charge in [0, 0.05) is 56.6 Å². The number of ether oxygens (including phenoxy) is 2. The van der Waals surface area contributed by atoms with E-state index in [4.69, 9.17) is 9.47 Å². The first-order chi connectivity index (χ1) is 15.7. The van der Waals surface area contributed by atoms with Crippen LogP contribution in [-0.4, -0.2) is 79.4 Å². The van der Waals surface area contributed by atoms with Gasteiger partial charge in [-0.05, 0) is 64.8 Å². The molecule has 2 saturated heterocycles. The molecule has 9 nitrogen and oxygen atoms in total. The van der Waals surface area contributed by atoms with Crippen molar-refractivity contribution in [3.63, 3.8) is 0 Å². The zero-order valence-corrected chi connectivity index (χ0v) is 20.1. The van der Waals surface area contributed by atoms with Gasteiger partial charge in [-0.25, -0.2) is 9.59 Å². The van der Waals surface area contributed by atoms with E-state index < -0.39 is 5.60 Å². The van der Waals surface area contributed by atoms with E-state index in [2.05, 4.69) is 10.2 Å². The molecule has 182 valence electrons. The van der Waals surface area contributed by atoms with Gasteiger partial charge in [-0.3, -0.25) is 4.79 Å². The molecule has 2 heterocycles. The normalized spacial score (nSPS) is 17.5. The molecule has 0 unspecified atom stereocenters. The van der Waals surface area contributed by atoms with Crippen LogP contribution >= 0.6 is 0 Å². The van der Waals surface area contributed by atoms with Crippen LogP contribution in [0.15, 0.2) is 24.3 Å². The van der Waals surface area contributed by atoms with Crippen molar-refractivity contribution in [3.05, 3.63) is 24.3 Å². The number of likely N-dealkylation sites (tertiary alicyclic amines) is 1. The predicted octanol–water partition coefficient (Wildman–Crippen LogP) is 3.55. The van der Waals surface area contributed by atoms with E-state index in [0.717, 1.165) is 24.5 Å².